The van der Waals surface area contributed by atoms with Crippen LogP contribution in [0, 0.1) is 0 Å². The van der Waals surface area contributed by atoms with Crippen molar-refractivity contribution in [3.8, 4) is 28.0 Å². The predicted molar refractivity (Wildman–Crippen MR) is 127 cm³/mol. The van der Waals surface area contributed by atoms with Gasteiger partial charge in [0, 0.05) is 10.8 Å². The number of benzene rings is 4. The summed E-state index contributed by atoms with van der Waals surface area (Å²) in [6.07, 6.45) is 0. The molecule has 0 heterocycles. The molecule has 1 heteroatoms. The molecular formula is C29H28O. The summed E-state index contributed by atoms with van der Waals surface area (Å²) < 4.78 is 0. The third kappa shape index (κ3) is 2.69. The minimum absolute atomic E-state index is 0.156. The van der Waals surface area contributed by atoms with Gasteiger partial charge in [-0.1, -0.05) is 95.3 Å². The molecule has 5 rings (SSSR count). The normalized spacial score (nSPS) is 14.6. The number of fused-ring (bicyclic) bond motifs is 5. The SMILES string of the molecule is CC(C)(C)c1ccc(-c2ccc3c(c2)C(C)(C)c2cc(O)c4ccccc4c2-3)cc1. The number of hydrogen-bond acceptors (Lipinski definition) is 1. The van der Waals surface area contributed by atoms with Gasteiger partial charge in [0.25, 0.3) is 0 Å². The van der Waals surface area contributed by atoms with Gasteiger partial charge in [0.15, 0.2) is 0 Å². The second-order valence-electron chi connectivity index (χ2n) is 10.1. The molecule has 150 valence electrons. The van der Waals surface area contributed by atoms with Crippen LogP contribution in [0.1, 0.15) is 51.3 Å². The lowest BCUT2D eigenvalue weighted by molar-refractivity contribution is 0.479. The van der Waals surface area contributed by atoms with Gasteiger partial charge >= 0.3 is 0 Å². The van der Waals surface area contributed by atoms with Crippen molar-refractivity contribution < 1.29 is 5.11 Å². The van der Waals surface area contributed by atoms with Gasteiger partial charge in [-0.25, -0.2) is 0 Å². The van der Waals surface area contributed by atoms with E-state index in [-0.39, 0.29) is 10.8 Å². The summed E-state index contributed by atoms with van der Waals surface area (Å²) >= 11 is 0. The molecule has 4 aromatic rings. The summed E-state index contributed by atoms with van der Waals surface area (Å²) in [5.74, 6) is 0.364. The van der Waals surface area contributed by atoms with E-state index in [1.54, 1.807) is 0 Å². The van der Waals surface area contributed by atoms with Gasteiger partial charge in [0.1, 0.15) is 5.75 Å². The van der Waals surface area contributed by atoms with Crippen LogP contribution in [0.3, 0.4) is 0 Å². The molecule has 0 saturated carbocycles. The third-order valence-electron chi connectivity index (χ3n) is 6.74. The van der Waals surface area contributed by atoms with E-state index < -0.39 is 0 Å². The number of phenols is 1. The second kappa shape index (κ2) is 6.22. The Morgan fingerprint density at radius 1 is 0.700 bits per heavy atom. The summed E-state index contributed by atoms with van der Waals surface area (Å²) in [5, 5.41) is 12.7. The number of hydrogen-bond donors (Lipinski definition) is 1. The Morgan fingerprint density at radius 3 is 2.00 bits per heavy atom. The van der Waals surface area contributed by atoms with Crippen LogP contribution in [0.25, 0.3) is 33.0 Å². The van der Waals surface area contributed by atoms with Crippen molar-refractivity contribution >= 4 is 10.8 Å². The van der Waals surface area contributed by atoms with Crippen LogP contribution in [0.5, 0.6) is 5.75 Å². The highest BCUT2D eigenvalue weighted by atomic mass is 16.3. The summed E-state index contributed by atoms with van der Waals surface area (Å²) in [6, 6.07) is 25.9. The van der Waals surface area contributed by atoms with Crippen LogP contribution in [-0.2, 0) is 10.8 Å². The smallest absolute Gasteiger partial charge is 0.123 e. The fourth-order valence-electron chi connectivity index (χ4n) is 4.91. The molecule has 4 aromatic carbocycles. The van der Waals surface area contributed by atoms with Crippen LogP contribution in [0.15, 0.2) is 72.8 Å². The highest BCUT2D eigenvalue weighted by molar-refractivity contribution is 6.05. The van der Waals surface area contributed by atoms with Gasteiger partial charge in [-0.3, -0.25) is 0 Å². The van der Waals surface area contributed by atoms with Gasteiger partial charge in [0.2, 0.25) is 0 Å². The van der Waals surface area contributed by atoms with Crippen molar-refractivity contribution in [2.45, 2.75) is 45.4 Å². The fourth-order valence-corrected chi connectivity index (χ4v) is 4.91. The van der Waals surface area contributed by atoms with E-state index in [1.807, 2.05) is 18.2 Å². The van der Waals surface area contributed by atoms with Gasteiger partial charge < -0.3 is 5.11 Å². The summed E-state index contributed by atoms with van der Waals surface area (Å²) in [5.41, 5.74) is 8.89. The summed E-state index contributed by atoms with van der Waals surface area (Å²) in [6.45, 7) is 11.3. The van der Waals surface area contributed by atoms with E-state index >= 15 is 0 Å². The molecule has 1 nitrogen and oxygen atoms in total. The quantitative estimate of drug-likeness (QED) is 0.350. The Bertz CT molecular complexity index is 1280. The highest BCUT2D eigenvalue weighted by Gasteiger charge is 2.37. The summed E-state index contributed by atoms with van der Waals surface area (Å²) in [7, 11) is 0. The van der Waals surface area contributed by atoms with Crippen molar-refractivity contribution in [3.63, 3.8) is 0 Å². The predicted octanol–water partition coefficient (Wildman–Crippen LogP) is 7.82. The summed E-state index contributed by atoms with van der Waals surface area (Å²) in [4.78, 5) is 0. The molecule has 1 aliphatic rings. The number of aromatic hydroxyl groups is 1. The molecule has 0 bridgehead atoms. The maximum absolute atomic E-state index is 10.7. The zero-order chi connectivity index (χ0) is 21.3. The molecule has 1 aliphatic carbocycles. The number of rotatable bonds is 1. The molecule has 0 unspecified atom stereocenters. The third-order valence-corrected chi connectivity index (χ3v) is 6.74. The Kier molecular flexibility index (Phi) is 3.92. The molecule has 1 N–H and O–H groups in total. The standard InChI is InChI=1S/C29H28O/c1-28(2,3)20-13-10-18(11-14-20)19-12-15-23-24(16-19)29(4,5)25-17-26(30)21-8-6-7-9-22(21)27(23)25/h6-17,30H,1-5H3. The van der Waals surface area contributed by atoms with Crippen molar-refractivity contribution in [1.29, 1.82) is 0 Å². The van der Waals surface area contributed by atoms with Crippen LogP contribution in [0.4, 0.5) is 0 Å². The molecule has 0 aromatic heterocycles. The largest absolute Gasteiger partial charge is 0.507 e. The monoisotopic (exact) mass is 392 g/mol. The first kappa shape index (κ1) is 18.9. The van der Waals surface area contributed by atoms with Crippen molar-refractivity contribution in [2.24, 2.45) is 0 Å². The Labute approximate surface area is 179 Å². The first-order chi connectivity index (χ1) is 14.2. The molecule has 0 atom stereocenters. The van der Waals surface area contributed by atoms with Crippen molar-refractivity contribution in [3.05, 3.63) is 89.5 Å². The Morgan fingerprint density at radius 2 is 1.33 bits per heavy atom. The average Bonchev–Trinajstić information content (AvgIpc) is 2.94. The molecular weight excluding hydrogens is 364 g/mol. The molecule has 0 radical (unpaired) electrons. The van der Waals surface area contributed by atoms with E-state index in [2.05, 4.69) is 89.2 Å². The topological polar surface area (TPSA) is 20.2 Å². The van der Waals surface area contributed by atoms with Gasteiger partial charge in [-0.2, -0.15) is 0 Å². The van der Waals surface area contributed by atoms with Gasteiger partial charge in [-0.05, 0) is 61.9 Å². The van der Waals surface area contributed by atoms with E-state index in [4.69, 9.17) is 0 Å². The molecule has 0 saturated heterocycles. The first-order valence-corrected chi connectivity index (χ1v) is 10.7. The molecule has 30 heavy (non-hydrogen) atoms. The molecule has 0 amide bonds. The molecule has 0 fully saturated rings. The molecule has 0 aliphatic heterocycles. The van der Waals surface area contributed by atoms with Crippen LogP contribution in [0.2, 0.25) is 0 Å². The van der Waals surface area contributed by atoms with Crippen LogP contribution in [-0.4, -0.2) is 5.11 Å². The van der Waals surface area contributed by atoms with E-state index in [0.717, 1.165) is 10.8 Å². The lowest BCUT2D eigenvalue weighted by atomic mass is 9.81. The lowest BCUT2D eigenvalue weighted by Gasteiger charge is -2.23. The molecule has 0 spiro atoms. The second-order valence-corrected chi connectivity index (χ2v) is 10.1. The first-order valence-electron chi connectivity index (χ1n) is 10.7. The van der Waals surface area contributed by atoms with Crippen molar-refractivity contribution in [1.82, 2.24) is 0 Å². The van der Waals surface area contributed by atoms with Crippen molar-refractivity contribution in [2.75, 3.05) is 0 Å². The minimum atomic E-state index is -0.159. The van der Waals surface area contributed by atoms with Crippen LogP contribution >= 0.6 is 0 Å². The van der Waals surface area contributed by atoms with E-state index in [0.29, 0.717) is 5.75 Å². The van der Waals surface area contributed by atoms with Gasteiger partial charge in [0.05, 0.1) is 0 Å². The maximum Gasteiger partial charge on any atom is 0.123 e. The fraction of sp³-hybridized carbons (Fsp3) is 0.241. The number of phenolic OH excluding ortho intramolecular Hbond substituents is 1. The van der Waals surface area contributed by atoms with Crippen LogP contribution < -0.4 is 0 Å². The lowest BCUT2D eigenvalue weighted by Crippen LogP contribution is -2.15. The Hall–Kier alpha value is -3.06. The average molecular weight is 393 g/mol. The zero-order valence-electron chi connectivity index (χ0n) is 18.4. The zero-order valence-corrected chi connectivity index (χ0v) is 18.4. The van der Waals surface area contributed by atoms with E-state index in [9.17, 15) is 5.11 Å². The van der Waals surface area contributed by atoms with E-state index in [1.165, 1.54) is 38.9 Å². The van der Waals surface area contributed by atoms with Gasteiger partial charge in [-0.15, -0.1) is 0 Å². The minimum Gasteiger partial charge on any atom is -0.507 e. The maximum atomic E-state index is 10.7. The Balaban J connectivity index is 1.69. The highest BCUT2D eigenvalue weighted by Crippen LogP contribution is 2.53.